The summed E-state index contributed by atoms with van der Waals surface area (Å²) in [6, 6.07) is 15.9. The average molecular weight is 418 g/mol. The monoisotopic (exact) mass is 417 g/mol. The van der Waals surface area contributed by atoms with Gasteiger partial charge in [-0.3, -0.25) is 4.79 Å². The van der Waals surface area contributed by atoms with E-state index in [1.807, 2.05) is 24.3 Å². The highest BCUT2D eigenvalue weighted by Crippen LogP contribution is 2.24. The first-order valence-electron chi connectivity index (χ1n) is 10.2. The molecule has 1 atom stereocenters. The molecule has 0 saturated carbocycles. The maximum Gasteiger partial charge on any atom is 0.303 e. The van der Waals surface area contributed by atoms with E-state index in [0.29, 0.717) is 18.8 Å². The predicted octanol–water partition coefficient (Wildman–Crippen LogP) is 4.94. The van der Waals surface area contributed by atoms with Gasteiger partial charge in [-0.15, -0.1) is 0 Å². The predicted molar refractivity (Wildman–Crippen MR) is 115 cm³/mol. The van der Waals surface area contributed by atoms with E-state index in [2.05, 4.69) is 18.6 Å². The van der Waals surface area contributed by atoms with Crippen molar-refractivity contribution in [3.05, 3.63) is 65.7 Å². The largest absolute Gasteiger partial charge is 0.481 e. The zero-order valence-corrected chi connectivity index (χ0v) is 18.0. The van der Waals surface area contributed by atoms with Crippen LogP contribution in [0.1, 0.15) is 63.1 Å². The minimum absolute atomic E-state index is 0.149. The molecule has 0 bridgehead atoms. The topological polar surface area (TPSA) is 83.5 Å². The summed E-state index contributed by atoms with van der Waals surface area (Å²) in [6.45, 7) is 4.32. The summed E-state index contributed by atoms with van der Waals surface area (Å²) in [5.41, 5.74) is 1.98. The first-order valence-corrected chi connectivity index (χ1v) is 11.6. The van der Waals surface area contributed by atoms with Crippen LogP contribution < -0.4 is 4.72 Å². The Kier molecular flexibility index (Phi) is 8.86. The number of rotatable bonds is 12. The van der Waals surface area contributed by atoms with E-state index in [0.717, 1.165) is 30.4 Å². The number of aryl methyl sites for hydroxylation is 1. The van der Waals surface area contributed by atoms with Crippen LogP contribution in [-0.2, 0) is 21.2 Å². The second-order valence-electron chi connectivity index (χ2n) is 7.80. The minimum Gasteiger partial charge on any atom is -0.481 e. The number of carboxylic acid groups (broad SMARTS) is 1. The van der Waals surface area contributed by atoms with E-state index in [9.17, 15) is 13.2 Å². The Morgan fingerprint density at radius 3 is 2.21 bits per heavy atom. The molecule has 2 aromatic rings. The van der Waals surface area contributed by atoms with Crippen molar-refractivity contribution in [3.8, 4) is 0 Å². The molecule has 0 heterocycles. The Hall–Kier alpha value is -2.18. The minimum atomic E-state index is -3.61. The van der Waals surface area contributed by atoms with Crippen molar-refractivity contribution >= 4 is 16.0 Å². The molecule has 2 aromatic carbocycles. The van der Waals surface area contributed by atoms with Crippen molar-refractivity contribution in [1.29, 1.82) is 0 Å². The Balaban J connectivity index is 2.13. The molecule has 0 aliphatic rings. The quantitative estimate of drug-likeness (QED) is 0.512. The van der Waals surface area contributed by atoms with Gasteiger partial charge in [0.15, 0.2) is 0 Å². The molecule has 29 heavy (non-hydrogen) atoms. The molecule has 0 aromatic heterocycles. The van der Waals surface area contributed by atoms with Gasteiger partial charge in [0.25, 0.3) is 0 Å². The number of carboxylic acids is 1. The maximum absolute atomic E-state index is 12.8. The van der Waals surface area contributed by atoms with Crippen molar-refractivity contribution < 1.29 is 18.3 Å². The van der Waals surface area contributed by atoms with Gasteiger partial charge in [-0.1, -0.05) is 69.2 Å². The number of nitrogens with one attached hydrogen (secondary N) is 1. The number of carbonyl (C=O) groups is 1. The average Bonchev–Trinajstić information content (AvgIpc) is 2.68. The van der Waals surface area contributed by atoms with Gasteiger partial charge >= 0.3 is 5.97 Å². The maximum atomic E-state index is 12.8. The summed E-state index contributed by atoms with van der Waals surface area (Å²) >= 11 is 0. The molecule has 2 rings (SSSR count). The standard InChI is InChI=1S/C23H31NO4S/c1-18(2)8-6-12-22(24-29(27,28)21-10-4-3-5-11-21)20-16-14-19(15-17-20)9-7-13-23(25)26/h3-5,10-11,14-18,22,24H,6-9,12-13H2,1-2H3,(H,25,26). The molecule has 0 amide bonds. The van der Waals surface area contributed by atoms with Crippen molar-refractivity contribution in [2.75, 3.05) is 0 Å². The van der Waals surface area contributed by atoms with Crippen molar-refractivity contribution in [1.82, 2.24) is 4.72 Å². The van der Waals surface area contributed by atoms with Crippen molar-refractivity contribution in [2.45, 2.75) is 63.3 Å². The highest BCUT2D eigenvalue weighted by atomic mass is 32.2. The highest BCUT2D eigenvalue weighted by molar-refractivity contribution is 7.89. The smallest absolute Gasteiger partial charge is 0.303 e. The molecule has 0 radical (unpaired) electrons. The lowest BCUT2D eigenvalue weighted by Crippen LogP contribution is -2.28. The SMILES string of the molecule is CC(C)CCCC(NS(=O)(=O)c1ccccc1)c1ccc(CCCC(=O)O)cc1. The Morgan fingerprint density at radius 1 is 0.966 bits per heavy atom. The number of aliphatic carboxylic acids is 1. The van der Waals surface area contributed by atoms with Crippen LogP contribution in [0, 0.1) is 5.92 Å². The van der Waals surface area contributed by atoms with Gasteiger partial charge in [0.1, 0.15) is 0 Å². The van der Waals surface area contributed by atoms with Crippen LogP contribution in [0.2, 0.25) is 0 Å². The summed E-state index contributed by atoms with van der Waals surface area (Å²) < 4.78 is 28.5. The normalized spacial score (nSPS) is 12.8. The summed E-state index contributed by atoms with van der Waals surface area (Å²) in [5.74, 6) is -0.222. The van der Waals surface area contributed by atoms with Gasteiger partial charge in [0.2, 0.25) is 10.0 Å². The molecule has 5 nitrogen and oxygen atoms in total. The van der Waals surface area contributed by atoms with Gasteiger partial charge in [-0.2, -0.15) is 0 Å². The van der Waals surface area contributed by atoms with Crippen LogP contribution in [0.5, 0.6) is 0 Å². The zero-order valence-electron chi connectivity index (χ0n) is 17.2. The van der Waals surface area contributed by atoms with Gasteiger partial charge in [-0.05, 0) is 48.4 Å². The lowest BCUT2D eigenvalue weighted by Gasteiger charge is -2.20. The van der Waals surface area contributed by atoms with Crippen molar-refractivity contribution in [2.24, 2.45) is 5.92 Å². The van der Waals surface area contributed by atoms with Crippen LogP contribution in [0.4, 0.5) is 0 Å². The number of hydrogen-bond donors (Lipinski definition) is 2. The van der Waals surface area contributed by atoms with E-state index in [-0.39, 0.29) is 17.4 Å². The molecule has 0 saturated heterocycles. The Bertz CT molecular complexity index is 862. The molecule has 0 fully saturated rings. The summed E-state index contributed by atoms with van der Waals surface area (Å²) in [7, 11) is -3.61. The van der Waals surface area contributed by atoms with E-state index in [4.69, 9.17) is 5.11 Å². The lowest BCUT2D eigenvalue weighted by atomic mass is 9.97. The molecule has 158 valence electrons. The molecule has 1 unspecified atom stereocenters. The second kappa shape index (κ2) is 11.1. The molecule has 6 heteroatoms. The number of sulfonamides is 1. The fourth-order valence-corrected chi connectivity index (χ4v) is 4.52. The first-order chi connectivity index (χ1) is 13.8. The third-order valence-electron chi connectivity index (χ3n) is 4.86. The van der Waals surface area contributed by atoms with E-state index < -0.39 is 16.0 Å². The van der Waals surface area contributed by atoms with Crippen LogP contribution in [0.3, 0.4) is 0 Å². The van der Waals surface area contributed by atoms with Gasteiger partial charge in [-0.25, -0.2) is 13.1 Å². The molecular formula is C23H31NO4S. The Morgan fingerprint density at radius 2 is 1.62 bits per heavy atom. The van der Waals surface area contributed by atoms with Crippen LogP contribution >= 0.6 is 0 Å². The van der Waals surface area contributed by atoms with Crippen LogP contribution in [-0.4, -0.2) is 19.5 Å². The van der Waals surface area contributed by atoms with Gasteiger partial charge in [0, 0.05) is 12.5 Å². The van der Waals surface area contributed by atoms with E-state index in [1.165, 1.54) is 0 Å². The fraction of sp³-hybridized carbons (Fsp3) is 0.435. The number of hydrogen-bond acceptors (Lipinski definition) is 3. The first kappa shape index (κ1) is 23.1. The third kappa shape index (κ3) is 7.99. The third-order valence-corrected chi connectivity index (χ3v) is 6.35. The van der Waals surface area contributed by atoms with Gasteiger partial charge < -0.3 is 5.11 Å². The van der Waals surface area contributed by atoms with E-state index >= 15 is 0 Å². The number of benzene rings is 2. The van der Waals surface area contributed by atoms with Gasteiger partial charge in [0.05, 0.1) is 4.90 Å². The Labute approximate surface area is 174 Å². The highest BCUT2D eigenvalue weighted by Gasteiger charge is 2.21. The summed E-state index contributed by atoms with van der Waals surface area (Å²) in [6.07, 6.45) is 4.13. The molecule has 0 aliphatic carbocycles. The molecule has 0 spiro atoms. The zero-order chi connectivity index (χ0) is 21.3. The summed E-state index contributed by atoms with van der Waals surface area (Å²) in [4.78, 5) is 10.9. The van der Waals surface area contributed by atoms with Crippen LogP contribution in [0.15, 0.2) is 59.5 Å². The van der Waals surface area contributed by atoms with E-state index in [1.54, 1.807) is 30.3 Å². The second-order valence-corrected chi connectivity index (χ2v) is 9.51. The lowest BCUT2D eigenvalue weighted by molar-refractivity contribution is -0.137. The fourth-order valence-electron chi connectivity index (χ4n) is 3.24. The molecular weight excluding hydrogens is 386 g/mol. The molecule has 0 aliphatic heterocycles. The van der Waals surface area contributed by atoms with Crippen molar-refractivity contribution in [3.63, 3.8) is 0 Å². The van der Waals surface area contributed by atoms with Crippen LogP contribution in [0.25, 0.3) is 0 Å². The summed E-state index contributed by atoms with van der Waals surface area (Å²) in [5, 5.41) is 8.77. The molecule has 2 N–H and O–H groups in total.